The summed E-state index contributed by atoms with van der Waals surface area (Å²) < 4.78 is 5.30. The summed E-state index contributed by atoms with van der Waals surface area (Å²) in [4.78, 5) is 2.58. The number of likely N-dealkylation sites (N-methyl/N-ethyl adjacent to an activating group) is 1. The number of nitrogens with one attached hydrogen (secondary N) is 1. The van der Waals surface area contributed by atoms with Crippen molar-refractivity contribution in [3.05, 3.63) is 23.8 Å². The molecule has 1 rings (SSSR count). The summed E-state index contributed by atoms with van der Waals surface area (Å²) in [5, 5.41) is 3.58. The van der Waals surface area contributed by atoms with Gasteiger partial charge in [0.1, 0.15) is 10.7 Å². The van der Waals surface area contributed by atoms with Gasteiger partial charge in [-0.3, -0.25) is 0 Å². The molecule has 0 fully saturated rings. The van der Waals surface area contributed by atoms with Gasteiger partial charge in [0.05, 0.1) is 7.11 Å². The molecule has 0 amide bonds. The highest BCUT2D eigenvalue weighted by Gasteiger charge is 2.15. The van der Waals surface area contributed by atoms with E-state index in [9.17, 15) is 0 Å². The molecular formula is C16H27N3OS. The van der Waals surface area contributed by atoms with Crippen molar-refractivity contribution in [1.29, 1.82) is 0 Å². The van der Waals surface area contributed by atoms with Crippen molar-refractivity contribution in [3.8, 4) is 5.75 Å². The first-order valence-electron chi connectivity index (χ1n) is 7.22. The first-order valence-corrected chi connectivity index (χ1v) is 7.63. The third-order valence-electron chi connectivity index (χ3n) is 3.19. The highest BCUT2D eigenvalue weighted by atomic mass is 32.1. The zero-order valence-corrected chi connectivity index (χ0v) is 14.5. The SMILES string of the molecule is COc1ccc(C(N)=S)c(NC(CC(C)C)CN(C)C)c1. The molecular weight excluding hydrogens is 282 g/mol. The molecule has 1 aromatic rings. The van der Waals surface area contributed by atoms with Crippen LogP contribution >= 0.6 is 12.2 Å². The van der Waals surface area contributed by atoms with E-state index in [2.05, 4.69) is 38.2 Å². The Kier molecular flexibility index (Phi) is 6.92. The normalized spacial score (nSPS) is 12.5. The lowest BCUT2D eigenvalue weighted by atomic mass is 10.0. The second kappa shape index (κ2) is 8.20. The van der Waals surface area contributed by atoms with Crippen molar-refractivity contribution in [2.45, 2.75) is 26.3 Å². The topological polar surface area (TPSA) is 50.5 Å². The first-order chi connectivity index (χ1) is 9.83. The third kappa shape index (κ3) is 5.89. The fourth-order valence-electron chi connectivity index (χ4n) is 2.39. The maximum atomic E-state index is 5.82. The molecule has 118 valence electrons. The molecule has 0 spiro atoms. The zero-order chi connectivity index (χ0) is 16.0. The minimum Gasteiger partial charge on any atom is -0.497 e. The summed E-state index contributed by atoms with van der Waals surface area (Å²) in [6.07, 6.45) is 1.08. The maximum Gasteiger partial charge on any atom is 0.120 e. The van der Waals surface area contributed by atoms with Gasteiger partial charge in [0.2, 0.25) is 0 Å². The van der Waals surface area contributed by atoms with E-state index in [0.29, 0.717) is 16.9 Å². The summed E-state index contributed by atoms with van der Waals surface area (Å²) >= 11 is 5.14. The minimum absolute atomic E-state index is 0.334. The van der Waals surface area contributed by atoms with Crippen molar-refractivity contribution in [2.75, 3.05) is 33.1 Å². The molecule has 0 aliphatic carbocycles. The van der Waals surface area contributed by atoms with Gasteiger partial charge in [-0.05, 0) is 38.6 Å². The fraction of sp³-hybridized carbons (Fsp3) is 0.562. The van der Waals surface area contributed by atoms with Gasteiger partial charge in [-0.25, -0.2) is 0 Å². The number of ether oxygens (including phenoxy) is 1. The Morgan fingerprint density at radius 2 is 2.05 bits per heavy atom. The van der Waals surface area contributed by atoms with E-state index in [1.165, 1.54) is 0 Å². The number of anilines is 1. The number of thiocarbonyl (C=S) groups is 1. The first kappa shape index (κ1) is 17.7. The van der Waals surface area contributed by atoms with Gasteiger partial charge in [0.15, 0.2) is 0 Å². The van der Waals surface area contributed by atoms with Gasteiger partial charge >= 0.3 is 0 Å². The number of methoxy groups -OCH3 is 1. The molecule has 1 unspecified atom stereocenters. The smallest absolute Gasteiger partial charge is 0.120 e. The van der Waals surface area contributed by atoms with Crippen LogP contribution in [-0.4, -0.2) is 43.7 Å². The van der Waals surface area contributed by atoms with Gasteiger partial charge in [0, 0.05) is 29.9 Å². The highest BCUT2D eigenvalue weighted by Crippen LogP contribution is 2.24. The Hall–Kier alpha value is -1.33. The molecule has 1 atom stereocenters. The number of hydrogen-bond donors (Lipinski definition) is 2. The van der Waals surface area contributed by atoms with Crippen LogP contribution in [0.1, 0.15) is 25.8 Å². The molecule has 0 aliphatic rings. The van der Waals surface area contributed by atoms with Crippen LogP contribution < -0.4 is 15.8 Å². The highest BCUT2D eigenvalue weighted by molar-refractivity contribution is 7.80. The molecule has 0 saturated heterocycles. The van der Waals surface area contributed by atoms with Crippen molar-refractivity contribution < 1.29 is 4.74 Å². The lowest BCUT2D eigenvalue weighted by Crippen LogP contribution is -2.34. The number of nitrogens with two attached hydrogens (primary N) is 1. The summed E-state index contributed by atoms with van der Waals surface area (Å²) in [6.45, 7) is 5.40. The van der Waals surface area contributed by atoms with Crippen LogP contribution in [0.4, 0.5) is 5.69 Å². The average Bonchev–Trinajstić information content (AvgIpc) is 2.36. The molecule has 0 bridgehead atoms. The third-order valence-corrected chi connectivity index (χ3v) is 3.41. The van der Waals surface area contributed by atoms with Crippen molar-refractivity contribution in [3.63, 3.8) is 0 Å². The van der Waals surface area contributed by atoms with Crippen LogP contribution in [-0.2, 0) is 0 Å². The van der Waals surface area contributed by atoms with Crippen LogP contribution in [0.2, 0.25) is 0 Å². The molecule has 0 radical (unpaired) electrons. The molecule has 0 aliphatic heterocycles. The second-order valence-electron chi connectivity index (χ2n) is 6.01. The maximum absolute atomic E-state index is 5.82. The van der Waals surface area contributed by atoms with Gasteiger partial charge < -0.3 is 20.7 Å². The molecule has 4 nitrogen and oxygen atoms in total. The molecule has 0 saturated carbocycles. The number of nitrogens with zero attached hydrogens (tertiary/aromatic N) is 1. The zero-order valence-electron chi connectivity index (χ0n) is 13.6. The Morgan fingerprint density at radius 3 is 2.52 bits per heavy atom. The quantitative estimate of drug-likeness (QED) is 0.723. The van der Waals surface area contributed by atoms with E-state index >= 15 is 0 Å². The number of benzene rings is 1. The largest absolute Gasteiger partial charge is 0.497 e. The lowest BCUT2D eigenvalue weighted by molar-refractivity contribution is 0.356. The Balaban J connectivity index is 3.02. The van der Waals surface area contributed by atoms with E-state index in [-0.39, 0.29) is 0 Å². The van der Waals surface area contributed by atoms with Gasteiger partial charge in [-0.15, -0.1) is 0 Å². The second-order valence-corrected chi connectivity index (χ2v) is 6.45. The summed E-state index contributed by atoms with van der Waals surface area (Å²) in [5.41, 5.74) is 7.62. The van der Waals surface area contributed by atoms with E-state index < -0.39 is 0 Å². The predicted octanol–water partition coefficient (Wildman–Crippen LogP) is 2.72. The monoisotopic (exact) mass is 309 g/mol. The Labute approximate surface area is 133 Å². The average molecular weight is 309 g/mol. The van der Waals surface area contributed by atoms with Crippen LogP contribution in [0.15, 0.2) is 18.2 Å². The summed E-state index contributed by atoms with van der Waals surface area (Å²) in [7, 11) is 5.81. The fourth-order valence-corrected chi connectivity index (χ4v) is 2.57. The van der Waals surface area contributed by atoms with Crippen LogP contribution in [0.3, 0.4) is 0 Å². The molecule has 0 heterocycles. The van der Waals surface area contributed by atoms with Gasteiger partial charge in [-0.1, -0.05) is 26.1 Å². The number of hydrogen-bond acceptors (Lipinski definition) is 4. The molecule has 1 aromatic carbocycles. The van der Waals surface area contributed by atoms with E-state index in [1.54, 1.807) is 7.11 Å². The molecule has 0 aromatic heterocycles. The van der Waals surface area contributed by atoms with Gasteiger partial charge in [-0.2, -0.15) is 0 Å². The minimum atomic E-state index is 0.334. The lowest BCUT2D eigenvalue weighted by Gasteiger charge is -2.26. The van der Waals surface area contributed by atoms with Crippen molar-refractivity contribution in [2.24, 2.45) is 11.7 Å². The summed E-state index contributed by atoms with van der Waals surface area (Å²) in [5.74, 6) is 1.41. The molecule has 21 heavy (non-hydrogen) atoms. The van der Waals surface area contributed by atoms with E-state index in [0.717, 1.165) is 30.0 Å². The van der Waals surface area contributed by atoms with Crippen LogP contribution in [0.25, 0.3) is 0 Å². The van der Waals surface area contributed by atoms with Crippen LogP contribution in [0, 0.1) is 5.92 Å². The molecule has 5 heteroatoms. The predicted molar refractivity (Wildman–Crippen MR) is 94.3 cm³/mol. The van der Waals surface area contributed by atoms with Crippen molar-refractivity contribution >= 4 is 22.9 Å². The van der Waals surface area contributed by atoms with Crippen LogP contribution in [0.5, 0.6) is 5.75 Å². The van der Waals surface area contributed by atoms with E-state index in [1.807, 2.05) is 18.2 Å². The van der Waals surface area contributed by atoms with Gasteiger partial charge in [0.25, 0.3) is 0 Å². The van der Waals surface area contributed by atoms with E-state index in [4.69, 9.17) is 22.7 Å². The van der Waals surface area contributed by atoms with Crippen molar-refractivity contribution in [1.82, 2.24) is 4.90 Å². The Bertz CT molecular complexity index is 465. The summed E-state index contributed by atoms with van der Waals surface area (Å²) in [6, 6.07) is 6.08. The standard InChI is InChI=1S/C16H27N3OS/c1-11(2)8-12(10-19(3)4)18-15-9-13(20-5)6-7-14(15)16(17)21/h6-7,9,11-12,18H,8,10H2,1-5H3,(H2,17,21). The molecule has 3 N–H and O–H groups in total. The Morgan fingerprint density at radius 1 is 1.38 bits per heavy atom. The number of rotatable bonds is 8.